The third-order valence-electron chi connectivity index (χ3n) is 3.05. The lowest BCUT2D eigenvalue weighted by Crippen LogP contribution is -2.33. The van der Waals surface area contributed by atoms with Crippen molar-refractivity contribution in [2.24, 2.45) is 0 Å². The van der Waals surface area contributed by atoms with Crippen LogP contribution in [0.2, 0.25) is 0 Å². The predicted octanol–water partition coefficient (Wildman–Crippen LogP) is 2.35. The van der Waals surface area contributed by atoms with Gasteiger partial charge in [0.2, 0.25) is 0 Å². The summed E-state index contributed by atoms with van der Waals surface area (Å²) in [5.41, 5.74) is 0. The lowest BCUT2D eigenvalue weighted by atomic mass is 10.1. The predicted molar refractivity (Wildman–Crippen MR) is 66.8 cm³/mol. The van der Waals surface area contributed by atoms with E-state index in [-0.39, 0.29) is 0 Å². The van der Waals surface area contributed by atoms with E-state index in [0.717, 1.165) is 32.7 Å². The van der Waals surface area contributed by atoms with Crippen LogP contribution in [0.15, 0.2) is 0 Å². The van der Waals surface area contributed by atoms with E-state index in [2.05, 4.69) is 19.2 Å². The molecular weight excluding hydrogens is 202 g/mol. The summed E-state index contributed by atoms with van der Waals surface area (Å²) in [6.07, 6.45) is 6.61. The Balaban J connectivity index is 2.07. The van der Waals surface area contributed by atoms with Gasteiger partial charge in [-0.1, -0.05) is 13.8 Å². The zero-order valence-electron chi connectivity index (χ0n) is 10.8. The van der Waals surface area contributed by atoms with Gasteiger partial charge in [0.25, 0.3) is 0 Å². The molecule has 0 aromatic rings. The topological polar surface area (TPSA) is 30.5 Å². The molecule has 1 fully saturated rings. The molecule has 0 bridgehead atoms. The molecule has 1 saturated heterocycles. The molecule has 1 aliphatic rings. The standard InChI is InChI=1S/C13H27NO2/c1-3-8-14-10-12(4-2)16-11-13-7-5-6-9-15-13/h12-14H,3-11H2,1-2H3. The van der Waals surface area contributed by atoms with Crippen molar-refractivity contribution >= 4 is 0 Å². The van der Waals surface area contributed by atoms with Crippen LogP contribution in [-0.2, 0) is 9.47 Å². The van der Waals surface area contributed by atoms with Gasteiger partial charge in [-0.2, -0.15) is 0 Å². The van der Waals surface area contributed by atoms with E-state index in [9.17, 15) is 0 Å². The molecule has 0 aromatic carbocycles. The zero-order chi connectivity index (χ0) is 11.6. The first-order chi connectivity index (χ1) is 7.86. The first-order valence-electron chi connectivity index (χ1n) is 6.80. The highest BCUT2D eigenvalue weighted by Crippen LogP contribution is 2.13. The van der Waals surface area contributed by atoms with Crippen molar-refractivity contribution < 1.29 is 9.47 Å². The van der Waals surface area contributed by atoms with Gasteiger partial charge in [0.05, 0.1) is 18.8 Å². The fourth-order valence-corrected chi connectivity index (χ4v) is 1.94. The second kappa shape index (κ2) is 8.97. The fraction of sp³-hybridized carbons (Fsp3) is 1.00. The van der Waals surface area contributed by atoms with E-state index < -0.39 is 0 Å². The molecule has 0 amide bonds. The molecule has 0 aliphatic carbocycles. The maximum absolute atomic E-state index is 5.89. The first-order valence-corrected chi connectivity index (χ1v) is 6.80. The van der Waals surface area contributed by atoms with Crippen molar-refractivity contribution in [3.05, 3.63) is 0 Å². The Hall–Kier alpha value is -0.120. The lowest BCUT2D eigenvalue weighted by molar-refractivity contribution is -0.0628. The number of hydrogen-bond donors (Lipinski definition) is 1. The number of hydrogen-bond acceptors (Lipinski definition) is 3. The third kappa shape index (κ3) is 5.83. The maximum Gasteiger partial charge on any atom is 0.0808 e. The molecule has 1 rings (SSSR count). The van der Waals surface area contributed by atoms with Gasteiger partial charge < -0.3 is 14.8 Å². The summed E-state index contributed by atoms with van der Waals surface area (Å²) in [6.45, 7) is 8.10. The van der Waals surface area contributed by atoms with E-state index in [1.165, 1.54) is 25.7 Å². The summed E-state index contributed by atoms with van der Waals surface area (Å²) in [4.78, 5) is 0. The van der Waals surface area contributed by atoms with Gasteiger partial charge in [-0.25, -0.2) is 0 Å². The molecule has 96 valence electrons. The van der Waals surface area contributed by atoms with Gasteiger partial charge in [-0.05, 0) is 38.6 Å². The highest BCUT2D eigenvalue weighted by Gasteiger charge is 2.16. The van der Waals surface area contributed by atoms with Crippen molar-refractivity contribution in [2.45, 2.75) is 58.2 Å². The molecule has 3 heteroatoms. The SMILES string of the molecule is CCCNCC(CC)OCC1CCCCO1. The minimum atomic E-state index is 0.342. The van der Waals surface area contributed by atoms with Crippen LogP contribution in [0.25, 0.3) is 0 Å². The summed E-state index contributed by atoms with van der Waals surface area (Å²) in [7, 11) is 0. The molecule has 16 heavy (non-hydrogen) atoms. The second-order valence-electron chi connectivity index (χ2n) is 4.56. The monoisotopic (exact) mass is 229 g/mol. The molecule has 1 N–H and O–H groups in total. The number of rotatable bonds is 8. The molecule has 0 saturated carbocycles. The zero-order valence-corrected chi connectivity index (χ0v) is 10.8. The smallest absolute Gasteiger partial charge is 0.0808 e. The Bertz CT molecular complexity index is 158. The minimum Gasteiger partial charge on any atom is -0.376 e. The molecule has 0 spiro atoms. The molecular formula is C13H27NO2. The Morgan fingerprint density at radius 2 is 2.25 bits per heavy atom. The van der Waals surface area contributed by atoms with Gasteiger partial charge in [-0.15, -0.1) is 0 Å². The highest BCUT2D eigenvalue weighted by molar-refractivity contribution is 4.65. The van der Waals surface area contributed by atoms with Gasteiger partial charge >= 0.3 is 0 Å². The molecule has 2 unspecified atom stereocenters. The third-order valence-corrected chi connectivity index (χ3v) is 3.05. The number of nitrogens with one attached hydrogen (secondary N) is 1. The van der Waals surface area contributed by atoms with E-state index in [1.807, 2.05) is 0 Å². The minimum absolute atomic E-state index is 0.342. The van der Waals surface area contributed by atoms with Crippen LogP contribution in [0, 0.1) is 0 Å². The van der Waals surface area contributed by atoms with Crippen molar-refractivity contribution in [3.63, 3.8) is 0 Å². The summed E-state index contributed by atoms with van der Waals surface area (Å²) in [6, 6.07) is 0. The Morgan fingerprint density at radius 1 is 1.38 bits per heavy atom. The van der Waals surface area contributed by atoms with E-state index >= 15 is 0 Å². The van der Waals surface area contributed by atoms with Gasteiger partial charge in [0, 0.05) is 13.2 Å². The van der Waals surface area contributed by atoms with E-state index in [4.69, 9.17) is 9.47 Å². The summed E-state index contributed by atoms with van der Waals surface area (Å²) >= 11 is 0. The average Bonchev–Trinajstić information content (AvgIpc) is 2.35. The maximum atomic E-state index is 5.89. The largest absolute Gasteiger partial charge is 0.376 e. The first kappa shape index (κ1) is 13.9. The molecule has 1 aliphatic heterocycles. The van der Waals surface area contributed by atoms with Crippen LogP contribution in [0.3, 0.4) is 0 Å². The molecule has 0 aromatic heterocycles. The van der Waals surface area contributed by atoms with Gasteiger partial charge in [-0.3, -0.25) is 0 Å². The molecule has 0 radical (unpaired) electrons. The summed E-state index contributed by atoms with van der Waals surface area (Å²) < 4.78 is 11.5. The van der Waals surface area contributed by atoms with E-state index in [0.29, 0.717) is 12.2 Å². The van der Waals surface area contributed by atoms with Crippen LogP contribution in [0.5, 0.6) is 0 Å². The summed E-state index contributed by atoms with van der Waals surface area (Å²) in [5.74, 6) is 0. The molecule has 1 heterocycles. The Kier molecular flexibility index (Phi) is 7.81. The van der Waals surface area contributed by atoms with Crippen molar-refractivity contribution in [3.8, 4) is 0 Å². The van der Waals surface area contributed by atoms with Crippen LogP contribution >= 0.6 is 0 Å². The summed E-state index contributed by atoms with van der Waals surface area (Å²) in [5, 5.41) is 3.41. The Morgan fingerprint density at radius 3 is 2.88 bits per heavy atom. The molecule has 3 nitrogen and oxygen atoms in total. The fourth-order valence-electron chi connectivity index (χ4n) is 1.94. The van der Waals surface area contributed by atoms with Gasteiger partial charge in [0.15, 0.2) is 0 Å². The van der Waals surface area contributed by atoms with Crippen LogP contribution in [0.1, 0.15) is 46.0 Å². The van der Waals surface area contributed by atoms with Crippen LogP contribution in [-0.4, -0.2) is 38.5 Å². The van der Waals surface area contributed by atoms with E-state index in [1.54, 1.807) is 0 Å². The van der Waals surface area contributed by atoms with Crippen molar-refractivity contribution in [1.29, 1.82) is 0 Å². The molecule has 2 atom stereocenters. The van der Waals surface area contributed by atoms with Crippen molar-refractivity contribution in [2.75, 3.05) is 26.3 Å². The van der Waals surface area contributed by atoms with Crippen molar-refractivity contribution in [1.82, 2.24) is 5.32 Å². The number of ether oxygens (including phenoxy) is 2. The highest BCUT2D eigenvalue weighted by atomic mass is 16.5. The van der Waals surface area contributed by atoms with Crippen LogP contribution in [0.4, 0.5) is 0 Å². The van der Waals surface area contributed by atoms with Crippen LogP contribution < -0.4 is 5.32 Å². The quantitative estimate of drug-likeness (QED) is 0.648. The Labute approximate surface area is 99.9 Å². The second-order valence-corrected chi connectivity index (χ2v) is 4.56. The lowest BCUT2D eigenvalue weighted by Gasteiger charge is -2.25. The average molecular weight is 229 g/mol. The van der Waals surface area contributed by atoms with Gasteiger partial charge in [0.1, 0.15) is 0 Å². The normalized spacial score (nSPS) is 23.2.